The quantitative estimate of drug-likeness (QED) is 0.301. The van der Waals surface area contributed by atoms with E-state index in [1.807, 2.05) is 0 Å². The van der Waals surface area contributed by atoms with Gasteiger partial charge in [-0.05, 0) is 13.0 Å². The van der Waals surface area contributed by atoms with Crippen LogP contribution < -0.4 is 5.73 Å². The van der Waals surface area contributed by atoms with Crippen molar-refractivity contribution >= 4 is 22.8 Å². The van der Waals surface area contributed by atoms with Crippen LogP contribution in [0.2, 0.25) is 0 Å². The molecule has 4 aromatic rings. The predicted molar refractivity (Wildman–Crippen MR) is 97.7 cm³/mol. The Balaban J connectivity index is 1.81. The van der Waals surface area contributed by atoms with E-state index in [0.29, 0.717) is 16.6 Å². The number of aryl methyl sites for hydroxylation is 2. The molecule has 0 bridgehead atoms. The molecule has 0 saturated carbocycles. The van der Waals surface area contributed by atoms with Gasteiger partial charge in [0.05, 0.1) is 24.7 Å². The number of H-pyrrole nitrogens is 2. The first-order valence-corrected chi connectivity index (χ1v) is 8.40. The van der Waals surface area contributed by atoms with Gasteiger partial charge in [-0.3, -0.25) is 24.5 Å². The maximum atomic E-state index is 11.6. The number of hydrogen-bond acceptors (Lipinski definition) is 8. The zero-order valence-electron chi connectivity index (χ0n) is 15.0. The van der Waals surface area contributed by atoms with Crippen molar-refractivity contribution in [2.45, 2.75) is 19.9 Å². The van der Waals surface area contributed by atoms with E-state index in [4.69, 9.17) is 10.8 Å². The summed E-state index contributed by atoms with van der Waals surface area (Å²) in [6.45, 7) is 1.61. The average molecular weight is 397 g/mol. The van der Waals surface area contributed by atoms with Crippen molar-refractivity contribution in [3.63, 3.8) is 0 Å². The number of primary amides is 1. The molecule has 0 unspecified atom stereocenters. The molecular formula is C16H15N9O4. The molecule has 0 fully saturated rings. The number of aromatic hydroxyl groups is 1. The molecule has 0 saturated heterocycles. The molecule has 13 heteroatoms. The van der Waals surface area contributed by atoms with Crippen LogP contribution in [0.4, 0.5) is 0 Å². The van der Waals surface area contributed by atoms with Crippen LogP contribution in [-0.4, -0.2) is 62.2 Å². The number of carboxylic acid groups (broad SMARTS) is 1. The number of pyridine rings is 1. The molecule has 6 N–H and O–H groups in total. The van der Waals surface area contributed by atoms with E-state index in [2.05, 4.69) is 35.5 Å². The summed E-state index contributed by atoms with van der Waals surface area (Å²) >= 11 is 0. The number of aromatic amines is 2. The third-order valence-electron chi connectivity index (χ3n) is 4.24. The molecule has 13 nitrogen and oxygen atoms in total. The average Bonchev–Trinajstić information content (AvgIpc) is 3.39. The fourth-order valence-electron chi connectivity index (χ4n) is 2.88. The number of nitrogens with two attached hydrogens (primary N) is 1. The van der Waals surface area contributed by atoms with Crippen molar-refractivity contribution in [2.75, 3.05) is 0 Å². The van der Waals surface area contributed by atoms with Gasteiger partial charge in [0.2, 0.25) is 5.82 Å². The first kappa shape index (κ1) is 18.1. The third kappa shape index (κ3) is 3.13. The predicted octanol–water partition coefficient (Wildman–Crippen LogP) is 0.194. The summed E-state index contributed by atoms with van der Waals surface area (Å²) in [5.74, 6) is -1.59. The number of rotatable bonds is 6. The first-order chi connectivity index (χ1) is 13.8. The van der Waals surface area contributed by atoms with E-state index >= 15 is 0 Å². The topological polar surface area (TPSA) is 202 Å². The van der Waals surface area contributed by atoms with E-state index in [-0.39, 0.29) is 47.4 Å². The summed E-state index contributed by atoms with van der Waals surface area (Å²) < 4.78 is 1.33. The van der Waals surface area contributed by atoms with Gasteiger partial charge in [-0.2, -0.15) is 15.3 Å². The van der Waals surface area contributed by atoms with Crippen molar-refractivity contribution < 1.29 is 19.8 Å². The molecule has 0 aromatic carbocycles. The zero-order valence-corrected chi connectivity index (χ0v) is 15.0. The minimum atomic E-state index is -1.01. The van der Waals surface area contributed by atoms with Gasteiger partial charge in [0.1, 0.15) is 22.8 Å². The number of carbonyl (C=O) groups excluding carboxylic acids is 1. The second kappa shape index (κ2) is 6.70. The van der Waals surface area contributed by atoms with Gasteiger partial charge in [-0.1, -0.05) is 0 Å². The number of amides is 1. The van der Waals surface area contributed by atoms with Gasteiger partial charge in [0.25, 0.3) is 5.91 Å². The van der Waals surface area contributed by atoms with Crippen LogP contribution in [0.1, 0.15) is 22.6 Å². The van der Waals surface area contributed by atoms with E-state index < -0.39 is 11.9 Å². The van der Waals surface area contributed by atoms with E-state index in [0.717, 1.165) is 0 Å². The number of nitrogens with one attached hydrogen (secondary N) is 2. The normalized spacial score (nSPS) is 11.2. The fraction of sp³-hybridized carbons (Fsp3) is 0.188. The summed E-state index contributed by atoms with van der Waals surface area (Å²) in [7, 11) is 0. The lowest BCUT2D eigenvalue weighted by atomic mass is 10.2. The monoisotopic (exact) mass is 397 g/mol. The van der Waals surface area contributed by atoms with Crippen LogP contribution in [0, 0.1) is 6.92 Å². The lowest BCUT2D eigenvalue weighted by Gasteiger charge is -2.03. The van der Waals surface area contributed by atoms with Crippen LogP contribution in [0.25, 0.3) is 33.9 Å². The Hall–Kier alpha value is -4.29. The highest BCUT2D eigenvalue weighted by atomic mass is 16.4. The molecule has 29 heavy (non-hydrogen) atoms. The maximum absolute atomic E-state index is 11.6. The highest BCUT2D eigenvalue weighted by Gasteiger charge is 2.22. The summed E-state index contributed by atoms with van der Waals surface area (Å²) in [6, 6.07) is 1.47. The zero-order chi connectivity index (χ0) is 20.7. The molecule has 1 amide bonds. The maximum Gasteiger partial charge on any atom is 0.305 e. The Kier molecular flexibility index (Phi) is 4.18. The van der Waals surface area contributed by atoms with Gasteiger partial charge in [-0.15, -0.1) is 0 Å². The lowest BCUT2D eigenvalue weighted by Crippen LogP contribution is -2.13. The van der Waals surface area contributed by atoms with E-state index in [9.17, 15) is 14.7 Å². The molecule has 4 heterocycles. The molecule has 0 aliphatic carbocycles. The largest absolute Gasteiger partial charge is 0.504 e. The number of fused-ring (bicyclic) bond motifs is 1. The van der Waals surface area contributed by atoms with Gasteiger partial charge in [0, 0.05) is 5.39 Å². The molecule has 4 aromatic heterocycles. The molecule has 0 aliphatic heterocycles. The molecule has 0 atom stereocenters. The number of carbonyl (C=O) groups is 2. The van der Waals surface area contributed by atoms with Gasteiger partial charge < -0.3 is 15.9 Å². The van der Waals surface area contributed by atoms with Gasteiger partial charge in [0.15, 0.2) is 11.6 Å². The minimum Gasteiger partial charge on any atom is -0.504 e. The second-order valence-corrected chi connectivity index (χ2v) is 6.21. The number of aliphatic carboxylic acids is 1. The molecule has 0 aliphatic rings. The molecular weight excluding hydrogens is 382 g/mol. The van der Waals surface area contributed by atoms with Crippen molar-refractivity contribution in [1.29, 1.82) is 0 Å². The minimum absolute atomic E-state index is 0.0138. The number of carboxylic acids is 1. The highest BCUT2D eigenvalue weighted by molar-refractivity contribution is 5.98. The number of hydrogen-bond donors (Lipinski definition) is 5. The first-order valence-electron chi connectivity index (χ1n) is 8.40. The van der Waals surface area contributed by atoms with Crippen LogP contribution in [0.15, 0.2) is 12.3 Å². The molecule has 4 rings (SSSR count). The smallest absolute Gasteiger partial charge is 0.305 e. The van der Waals surface area contributed by atoms with E-state index in [1.54, 1.807) is 6.92 Å². The SMILES string of the molecule is Cc1nn(CCC(=O)O)c(-c2n[nH]c(-c3nc(C(N)=O)cc4[nH]ncc34)n2)c1O. The molecule has 0 radical (unpaired) electrons. The van der Waals surface area contributed by atoms with Crippen LogP contribution in [0.3, 0.4) is 0 Å². The van der Waals surface area contributed by atoms with Gasteiger partial charge in [-0.25, -0.2) is 9.97 Å². The Morgan fingerprint density at radius 2 is 2.07 bits per heavy atom. The Bertz CT molecular complexity index is 1250. The summed E-state index contributed by atoms with van der Waals surface area (Å²) in [6.07, 6.45) is 1.33. The van der Waals surface area contributed by atoms with Crippen LogP contribution >= 0.6 is 0 Å². The highest BCUT2D eigenvalue weighted by Crippen LogP contribution is 2.32. The standard InChI is InChI=1S/C16H15N9O4/c1-6-13(28)12(25(24-6)3-2-10(26)27)16-20-15(22-23-16)11-7-5-18-21-8(7)4-9(19-11)14(17)29/h4-5,28H,2-3H2,1H3,(H2,17,29)(H,18,21)(H,26,27)(H,20,22,23). The molecule has 148 valence electrons. The van der Waals surface area contributed by atoms with Crippen molar-refractivity contribution in [2.24, 2.45) is 5.73 Å². The van der Waals surface area contributed by atoms with Gasteiger partial charge >= 0.3 is 5.97 Å². The second-order valence-electron chi connectivity index (χ2n) is 6.21. The number of aromatic nitrogens is 8. The molecule has 0 spiro atoms. The van der Waals surface area contributed by atoms with Crippen molar-refractivity contribution in [3.05, 3.63) is 23.7 Å². The third-order valence-corrected chi connectivity index (χ3v) is 4.24. The lowest BCUT2D eigenvalue weighted by molar-refractivity contribution is -0.137. The summed E-state index contributed by atoms with van der Waals surface area (Å²) in [4.78, 5) is 31.1. The number of nitrogens with zero attached hydrogens (tertiary/aromatic N) is 6. The van der Waals surface area contributed by atoms with Crippen LogP contribution in [0.5, 0.6) is 5.75 Å². The Labute approximate surface area is 161 Å². The van der Waals surface area contributed by atoms with E-state index in [1.165, 1.54) is 16.9 Å². The Morgan fingerprint density at radius 1 is 1.28 bits per heavy atom. The Morgan fingerprint density at radius 3 is 2.79 bits per heavy atom. The van der Waals surface area contributed by atoms with Crippen molar-refractivity contribution in [1.82, 2.24) is 40.1 Å². The fourth-order valence-corrected chi connectivity index (χ4v) is 2.88. The van der Waals surface area contributed by atoms with Crippen LogP contribution in [-0.2, 0) is 11.3 Å². The summed E-state index contributed by atoms with van der Waals surface area (Å²) in [5, 5.41) is 37.5. The van der Waals surface area contributed by atoms with Crippen molar-refractivity contribution in [3.8, 4) is 28.8 Å². The summed E-state index contributed by atoms with van der Waals surface area (Å²) in [5.41, 5.74) is 6.65.